The van der Waals surface area contributed by atoms with Crippen LogP contribution in [0.3, 0.4) is 0 Å². The predicted molar refractivity (Wildman–Crippen MR) is 70.4 cm³/mol. The van der Waals surface area contributed by atoms with Crippen molar-refractivity contribution in [2.75, 3.05) is 18.1 Å². The van der Waals surface area contributed by atoms with E-state index in [1.54, 1.807) is 23.1 Å². The first-order valence-corrected chi connectivity index (χ1v) is 6.10. The Labute approximate surface area is 114 Å². The molecule has 1 saturated heterocycles. The zero-order chi connectivity index (χ0) is 14.7. The van der Waals surface area contributed by atoms with Gasteiger partial charge in [0.1, 0.15) is 11.8 Å². The van der Waals surface area contributed by atoms with Crippen molar-refractivity contribution in [3.05, 3.63) is 34.4 Å². The lowest BCUT2D eigenvalue weighted by Gasteiger charge is -2.24. The van der Waals surface area contributed by atoms with Gasteiger partial charge in [-0.2, -0.15) is 0 Å². The number of amides is 1. The van der Waals surface area contributed by atoms with Gasteiger partial charge in [-0.15, -0.1) is 0 Å². The number of hydrogen-bond donors (Lipinski definition) is 2. The van der Waals surface area contributed by atoms with Gasteiger partial charge in [-0.25, -0.2) is 4.79 Å². The second-order valence-corrected chi connectivity index (χ2v) is 4.53. The molecule has 1 aliphatic rings. The van der Waals surface area contributed by atoms with Crippen LogP contribution in [0.5, 0.6) is 0 Å². The molecule has 108 valence electrons. The number of rotatable bonds is 4. The molecule has 8 nitrogen and oxygen atoms in total. The summed E-state index contributed by atoms with van der Waals surface area (Å²) in [6, 6.07) is 5.90. The van der Waals surface area contributed by atoms with Crippen LogP contribution in [-0.2, 0) is 4.74 Å². The quantitative estimate of drug-likeness (QED) is 0.617. The second-order valence-electron chi connectivity index (χ2n) is 4.53. The van der Waals surface area contributed by atoms with E-state index in [9.17, 15) is 20.0 Å². The molecule has 0 spiro atoms. The highest BCUT2D eigenvalue weighted by Gasteiger charge is 2.36. The van der Waals surface area contributed by atoms with Gasteiger partial charge in [0.05, 0.1) is 24.1 Å². The molecule has 1 heterocycles. The molecule has 2 rings (SSSR count). The zero-order valence-electron chi connectivity index (χ0n) is 10.6. The molecule has 20 heavy (non-hydrogen) atoms. The van der Waals surface area contributed by atoms with E-state index in [0.29, 0.717) is 12.1 Å². The number of benzene rings is 1. The fraction of sp³-hybridized carbons (Fsp3) is 0.417. The van der Waals surface area contributed by atoms with Crippen LogP contribution < -0.4 is 10.6 Å². The number of carbonyl (C=O) groups is 1. The third kappa shape index (κ3) is 2.80. The summed E-state index contributed by atoms with van der Waals surface area (Å²) < 4.78 is 4.91. The van der Waals surface area contributed by atoms with Gasteiger partial charge in [0.25, 0.3) is 5.69 Å². The molecule has 2 atom stereocenters. The van der Waals surface area contributed by atoms with Crippen LogP contribution in [0, 0.1) is 10.1 Å². The number of ether oxygens (including phenoxy) is 1. The van der Waals surface area contributed by atoms with Crippen molar-refractivity contribution in [3.8, 4) is 0 Å². The number of nitro groups is 1. The zero-order valence-corrected chi connectivity index (χ0v) is 10.6. The topological polar surface area (TPSA) is 119 Å². The van der Waals surface area contributed by atoms with Gasteiger partial charge in [0.2, 0.25) is 0 Å². The lowest BCUT2D eigenvalue weighted by molar-refractivity contribution is -0.384. The Morgan fingerprint density at radius 2 is 2.25 bits per heavy atom. The number of aliphatic hydroxyl groups is 1. The third-order valence-corrected chi connectivity index (χ3v) is 3.26. The second kappa shape index (κ2) is 5.74. The Kier molecular flexibility index (Phi) is 4.04. The van der Waals surface area contributed by atoms with E-state index >= 15 is 0 Å². The normalized spacial score (nSPS) is 21.8. The van der Waals surface area contributed by atoms with E-state index in [1.807, 2.05) is 0 Å². The van der Waals surface area contributed by atoms with Crippen molar-refractivity contribution in [3.63, 3.8) is 0 Å². The Bertz CT molecular complexity index is 522. The first-order chi connectivity index (χ1) is 9.52. The lowest BCUT2D eigenvalue weighted by Crippen LogP contribution is -2.33. The summed E-state index contributed by atoms with van der Waals surface area (Å²) in [6.45, 7) is 0.0731. The van der Waals surface area contributed by atoms with Gasteiger partial charge in [0.15, 0.2) is 0 Å². The molecule has 1 fully saturated rings. The standard InChI is InChI=1S/C12H15N3O5/c13-12(17)20-9-5-8(7-16)14(6-9)10-3-1-2-4-11(10)15(18)19/h1-4,8-9,16H,5-7H2,(H2,13,17)/t8-,9-/m0/s1. The van der Waals surface area contributed by atoms with Crippen LogP contribution in [0.25, 0.3) is 0 Å². The Hall–Kier alpha value is -2.35. The summed E-state index contributed by atoms with van der Waals surface area (Å²) in [5.74, 6) is 0. The fourth-order valence-corrected chi connectivity index (χ4v) is 2.45. The maximum atomic E-state index is 11.0. The summed E-state index contributed by atoms with van der Waals surface area (Å²) >= 11 is 0. The molecule has 0 aromatic heterocycles. The van der Waals surface area contributed by atoms with Crippen LogP contribution in [0.1, 0.15) is 6.42 Å². The molecule has 0 radical (unpaired) electrons. The predicted octanol–water partition coefficient (Wildman–Crippen LogP) is 0.630. The third-order valence-electron chi connectivity index (χ3n) is 3.26. The van der Waals surface area contributed by atoms with E-state index in [4.69, 9.17) is 10.5 Å². The number of primary amides is 1. The molecule has 1 aliphatic heterocycles. The van der Waals surface area contributed by atoms with E-state index in [2.05, 4.69) is 0 Å². The van der Waals surface area contributed by atoms with Crippen molar-refractivity contribution < 1.29 is 19.6 Å². The summed E-state index contributed by atoms with van der Waals surface area (Å²) in [4.78, 5) is 23.0. The van der Waals surface area contributed by atoms with Gasteiger partial charge in [0, 0.05) is 12.5 Å². The van der Waals surface area contributed by atoms with Crippen molar-refractivity contribution in [2.45, 2.75) is 18.6 Å². The first-order valence-electron chi connectivity index (χ1n) is 6.10. The highest BCUT2D eigenvalue weighted by atomic mass is 16.6. The number of carbonyl (C=O) groups excluding carboxylic acids is 1. The number of aliphatic hydroxyl groups excluding tert-OH is 1. The van der Waals surface area contributed by atoms with E-state index in [-0.39, 0.29) is 24.9 Å². The highest BCUT2D eigenvalue weighted by molar-refractivity contribution is 5.66. The number of para-hydroxylation sites is 2. The van der Waals surface area contributed by atoms with Crippen molar-refractivity contribution in [1.82, 2.24) is 0 Å². The van der Waals surface area contributed by atoms with E-state index in [1.165, 1.54) is 6.07 Å². The molecule has 8 heteroatoms. The van der Waals surface area contributed by atoms with Crippen LogP contribution in [0.2, 0.25) is 0 Å². The molecule has 3 N–H and O–H groups in total. The van der Waals surface area contributed by atoms with Crippen molar-refractivity contribution in [1.29, 1.82) is 0 Å². The molecule has 1 aromatic carbocycles. The van der Waals surface area contributed by atoms with Gasteiger partial charge in [-0.3, -0.25) is 10.1 Å². The smallest absolute Gasteiger partial charge is 0.404 e. The summed E-state index contributed by atoms with van der Waals surface area (Å²) in [5, 5.41) is 20.4. The van der Waals surface area contributed by atoms with Crippen LogP contribution in [-0.4, -0.2) is 41.4 Å². The minimum Gasteiger partial charge on any atom is -0.444 e. The number of nitrogens with two attached hydrogens (primary N) is 1. The average molecular weight is 281 g/mol. The van der Waals surface area contributed by atoms with Crippen LogP contribution in [0.15, 0.2) is 24.3 Å². The molecule has 1 amide bonds. The van der Waals surface area contributed by atoms with Gasteiger partial charge < -0.3 is 20.5 Å². The SMILES string of the molecule is NC(=O)O[C@H]1C[C@@H](CO)N(c2ccccc2[N+](=O)[O-])C1. The molecular formula is C12H15N3O5. The maximum absolute atomic E-state index is 11.0. The number of nitro benzene ring substituents is 1. The average Bonchev–Trinajstić information content (AvgIpc) is 2.80. The Morgan fingerprint density at radius 1 is 1.55 bits per heavy atom. The number of hydrogen-bond acceptors (Lipinski definition) is 6. The molecule has 1 aromatic rings. The molecule has 0 unspecified atom stereocenters. The van der Waals surface area contributed by atoms with Gasteiger partial charge >= 0.3 is 6.09 Å². The number of anilines is 1. The highest BCUT2D eigenvalue weighted by Crippen LogP contribution is 2.33. The van der Waals surface area contributed by atoms with Crippen molar-refractivity contribution in [2.24, 2.45) is 5.73 Å². The van der Waals surface area contributed by atoms with E-state index in [0.717, 1.165) is 0 Å². The molecular weight excluding hydrogens is 266 g/mol. The molecule has 0 bridgehead atoms. The van der Waals surface area contributed by atoms with Crippen molar-refractivity contribution >= 4 is 17.5 Å². The monoisotopic (exact) mass is 281 g/mol. The van der Waals surface area contributed by atoms with Crippen LogP contribution >= 0.6 is 0 Å². The lowest BCUT2D eigenvalue weighted by atomic mass is 10.2. The maximum Gasteiger partial charge on any atom is 0.404 e. The number of nitrogens with zero attached hydrogens (tertiary/aromatic N) is 2. The Morgan fingerprint density at radius 3 is 2.85 bits per heavy atom. The fourth-order valence-electron chi connectivity index (χ4n) is 2.45. The minimum absolute atomic E-state index is 0.0503. The van der Waals surface area contributed by atoms with E-state index < -0.39 is 17.1 Å². The minimum atomic E-state index is -0.892. The summed E-state index contributed by atoms with van der Waals surface area (Å²) in [6.07, 6.45) is -0.994. The summed E-state index contributed by atoms with van der Waals surface area (Å²) in [7, 11) is 0. The van der Waals surface area contributed by atoms with Gasteiger partial charge in [-0.1, -0.05) is 12.1 Å². The van der Waals surface area contributed by atoms with Gasteiger partial charge in [-0.05, 0) is 6.07 Å². The first kappa shape index (κ1) is 14.1. The molecule has 0 saturated carbocycles. The largest absolute Gasteiger partial charge is 0.444 e. The van der Waals surface area contributed by atoms with Crippen LogP contribution in [0.4, 0.5) is 16.2 Å². The summed E-state index contributed by atoms with van der Waals surface area (Å²) in [5.41, 5.74) is 5.32. The molecule has 0 aliphatic carbocycles. The Balaban J connectivity index is 2.27.